The summed E-state index contributed by atoms with van der Waals surface area (Å²) in [4.78, 5) is 9.28. The molecule has 6 rings (SSSR count). The lowest BCUT2D eigenvalue weighted by atomic mass is 10.1. The van der Waals surface area contributed by atoms with Gasteiger partial charge < -0.3 is 4.42 Å². The minimum atomic E-state index is 0.682. The molecule has 3 nitrogen and oxygen atoms in total. The quantitative estimate of drug-likeness (QED) is 0.343. The van der Waals surface area contributed by atoms with Crippen LogP contribution in [0.15, 0.2) is 77.3 Å². The maximum absolute atomic E-state index is 5.93. The molecule has 4 heteroatoms. The van der Waals surface area contributed by atoms with Crippen molar-refractivity contribution in [1.29, 1.82) is 0 Å². The van der Waals surface area contributed by atoms with Crippen LogP contribution in [0.2, 0.25) is 0 Å². The summed E-state index contributed by atoms with van der Waals surface area (Å²) in [6, 6.07) is 22.8. The number of para-hydroxylation sites is 1. The highest BCUT2D eigenvalue weighted by Crippen LogP contribution is 2.35. The summed E-state index contributed by atoms with van der Waals surface area (Å²) < 4.78 is 8.36. The van der Waals surface area contributed by atoms with Gasteiger partial charge in [0.1, 0.15) is 5.58 Å². The first kappa shape index (κ1) is 14.0. The second-order valence-electron chi connectivity index (χ2n) is 6.31. The zero-order chi connectivity index (χ0) is 17.1. The molecule has 2 aromatic carbocycles. The van der Waals surface area contributed by atoms with Gasteiger partial charge in [0.2, 0.25) is 5.71 Å². The van der Waals surface area contributed by atoms with Gasteiger partial charge in [0, 0.05) is 32.6 Å². The first-order valence-electron chi connectivity index (χ1n) is 8.43. The normalized spacial score (nSPS) is 11.8. The number of benzene rings is 2. The summed E-state index contributed by atoms with van der Waals surface area (Å²) in [7, 11) is 0. The fourth-order valence-electron chi connectivity index (χ4n) is 3.52. The van der Waals surface area contributed by atoms with E-state index in [1.54, 1.807) is 11.3 Å². The number of hydrogen-bond donors (Lipinski definition) is 0. The molecule has 0 fully saturated rings. The Hall–Kier alpha value is -3.24. The summed E-state index contributed by atoms with van der Waals surface area (Å²) in [5.41, 5.74) is 4.63. The Morgan fingerprint density at radius 3 is 2.69 bits per heavy atom. The molecule has 26 heavy (non-hydrogen) atoms. The molecule has 4 heterocycles. The second kappa shape index (κ2) is 5.13. The predicted molar refractivity (Wildman–Crippen MR) is 108 cm³/mol. The van der Waals surface area contributed by atoms with E-state index < -0.39 is 0 Å². The van der Waals surface area contributed by atoms with Crippen LogP contribution in [0.1, 0.15) is 0 Å². The predicted octanol–water partition coefficient (Wildman–Crippen LogP) is 6.41. The number of fused-ring (bicyclic) bond motifs is 6. The third-order valence-electron chi connectivity index (χ3n) is 4.77. The van der Waals surface area contributed by atoms with Crippen LogP contribution in [0.5, 0.6) is 0 Å². The topological polar surface area (TPSA) is 38.9 Å². The van der Waals surface area contributed by atoms with Crippen LogP contribution in [-0.2, 0) is 0 Å². The molecule has 0 aliphatic heterocycles. The van der Waals surface area contributed by atoms with Gasteiger partial charge in [0.25, 0.3) is 0 Å². The molecule has 0 spiro atoms. The van der Waals surface area contributed by atoms with Crippen molar-refractivity contribution in [2.75, 3.05) is 0 Å². The smallest absolute Gasteiger partial charge is 0.227 e. The Labute approximate surface area is 152 Å². The number of rotatable bonds is 1. The standard InChI is InChI=1S/C22H12N2OS/c1-2-5-18-14(4-1)15-9-10-17(24-22(15)25-18)13-7-8-16-20(12-13)26-19-6-3-11-23-21(16)19/h1-12H. The molecule has 0 amide bonds. The molecule has 0 aliphatic rings. The van der Waals surface area contributed by atoms with Crippen LogP contribution < -0.4 is 0 Å². The summed E-state index contributed by atoms with van der Waals surface area (Å²) >= 11 is 1.76. The average molecular weight is 352 g/mol. The summed E-state index contributed by atoms with van der Waals surface area (Å²) in [5, 5.41) is 3.35. The monoisotopic (exact) mass is 352 g/mol. The van der Waals surface area contributed by atoms with E-state index in [1.807, 2.05) is 30.5 Å². The zero-order valence-electron chi connectivity index (χ0n) is 13.6. The lowest BCUT2D eigenvalue weighted by Crippen LogP contribution is -1.83. The third-order valence-corrected chi connectivity index (χ3v) is 5.87. The molecule has 0 atom stereocenters. The number of hydrogen-bond acceptors (Lipinski definition) is 4. The fraction of sp³-hybridized carbons (Fsp3) is 0. The Morgan fingerprint density at radius 1 is 0.769 bits per heavy atom. The fourth-order valence-corrected chi connectivity index (χ4v) is 4.63. The van der Waals surface area contributed by atoms with Crippen molar-refractivity contribution in [3.8, 4) is 11.3 Å². The highest BCUT2D eigenvalue weighted by Gasteiger charge is 2.11. The van der Waals surface area contributed by atoms with Crippen molar-refractivity contribution in [3.63, 3.8) is 0 Å². The first-order chi connectivity index (χ1) is 12.9. The van der Waals surface area contributed by atoms with Gasteiger partial charge in [-0.3, -0.25) is 4.98 Å². The molecular weight excluding hydrogens is 340 g/mol. The number of nitrogens with zero attached hydrogens (tertiary/aromatic N) is 2. The van der Waals surface area contributed by atoms with E-state index >= 15 is 0 Å². The molecule has 6 aromatic rings. The largest absolute Gasteiger partial charge is 0.438 e. The van der Waals surface area contributed by atoms with Crippen molar-refractivity contribution in [2.45, 2.75) is 0 Å². The molecule has 0 N–H and O–H groups in total. The van der Waals surface area contributed by atoms with E-state index in [0.29, 0.717) is 5.71 Å². The van der Waals surface area contributed by atoms with E-state index in [0.717, 1.165) is 33.1 Å². The van der Waals surface area contributed by atoms with Gasteiger partial charge in [-0.1, -0.05) is 30.3 Å². The van der Waals surface area contributed by atoms with Gasteiger partial charge in [-0.2, -0.15) is 0 Å². The molecule has 122 valence electrons. The van der Waals surface area contributed by atoms with Crippen molar-refractivity contribution in [1.82, 2.24) is 9.97 Å². The minimum Gasteiger partial charge on any atom is -0.438 e. The van der Waals surface area contributed by atoms with Gasteiger partial charge in [-0.05, 0) is 36.4 Å². The number of pyridine rings is 2. The van der Waals surface area contributed by atoms with Crippen LogP contribution in [0.4, 0.5) is 0 Å². The van der Waals surface area contributed by atoms with Crippen molar-refractivity contribution >= 4 is 53.7 Å². The lowest BCUT2D eigenvalue weighted by Gasteiger charge is -2.01. The highest BCUT2D eigenvalue weighted by atomic mass is 32.1. The van der Waals surface area contributed by atoms with Crippen molar-refractivity contribution < 1.29 is 4.42 Å². The highest BCUT2D eigenvalue weighted by molar-refractivity contribution is 7.25. The van der Waals surface area contributed by atoms with Gasteiger partial charge in [0.15, 0.2) is 0 Å². The second-order valence-corrected chi connectivity index (χ2v) is 7.39. The molecule has 0 saturated carbocycles. The summed E-state index contributed by atoms with van der Waals surface area (Å²) in [6.07, 6.45) is 1.85. The third kappa shape index (κ3) is 1.93. The average Bonchev–Trinajstić information content (AvgIpc) is 3.24. The van der Waals surface area contributed by atoms with E-state index in [-0.39, 0.29) is 0 Å². The van der Waals surface area contributed by atoms with E-state index in [9.17, 15) is 0 Å². The van der Waals surface area contributed by atoms with Crippen LogP contribution in [-0.4, -0.2) is 9.97 Å². The Kier molecular flexibility index (Phi) is 2.76. The number of thiophene rings is 1. The molecule has 0 aliphatic carbocycles. The Balaban J connectivity index is 1.57. The SMILES string of the molecule is c1ccc2c(c1)oc1nc(-c3ccc4c(c3)sc3cccnc34)ccc12. The number of aromatic nitrogens is 2. The molecule has 4 aromatic heterocycles. The Bertz CT molecular complexity index is 1330. The van der Waals surface area contributed by atoms with Crippen LogP contribution >= 0.6 is 11.3 Å². The first-order valence-corrected chi connectivity index (χ1v) is 9.24. The molecule has 0 radical (unpaired) electrons. The summed E-state index contributed by atoms with van der Waals surface area (Å²) in [6.45, 7) is 0. The van der Waals surface area contributed by atoms with Crippen LogP contribution in [0.25, 0.3) is 53.6 Å². The van der Waals surface area contributed by atoms with Gasteiger partial charge in [0.05, 0.1) is 15.9 Å². The maximum Gasteiger partial charge on any atom is 0.227 e. The van der Waals surface area contributed by atoms with E-state index in [2.05, 4.69) is 47.4 Å². The molecule has 0 unspecified atom stereocenters. The van der Waals surface area contributed by atoms with Gasteiger partial charge >= 0.3 is 0 Å². The van der Waals surface area contributed by atoms with Crippen molar-refractivity contribution in [2.24, 2.45) is 0 Å². The van der Waals surface area contributed by atoms with Crippen LogP contribution in [0, 0.1) is 0 Å². The van der Waals surface area contributed by atoms with E-state index in [4.69, 9.17) is 9.40 Å². The lowest BCUT2D eigenvalue weighted by molar-refractivity contribution is 0.654. The van der Waals surface area contributed by atoms with Gasteiger partial charge in [-0.15, -0.1) is 11.3 Å². The zero-order valence-corrected chi connectivity index (χ0v) is 14.5. The summed E-state index contributed by atoms with van der Waals surface area (Å²) in [5.74, 6) is 0. The van der Waals surface area contributed by atoms with Crippen LogP contribution in [0.3, 0.4) is 0 Å². The molecule has 0 bridgehead atoms. The maximum atomic E-state index is 5.93. The van der Waals surface area contributed by atoms with E-state index in [1.165, 1.54) is 14.8 Å². The van der Waals surface area contributed by atoms with Crippen molar-refractivity contribution in [3.05, 3.63) is 72.9 Å². The molecular formula is C22H12N2OS. The Morgan fingerprint density at radius 2 is 1.69 bits per heavy atom. The molecule has 0 saturated heterocycles. The minimum absolute atomic E-state index is 0.682. The number of furan rings is 1. The van der Waals surface area contributed by atoms with Gasteiger partial charge in [-0.25, -0.2) is 4.98 Å².